The van der Waals surface area contributed by atoms with E-state index in [4.69, 9.17) is 4.42 Å². The van der Waals surface area contributed by atoms with Crippen molar-refractivity contribution in [3.63, 3.8) is 0 Å². The molecule has 0 aliphatic rings. The lowest BCUT2D eigenvalue weighted by atomic mass is 10.2. The van der Waals surface area contributed by atoms with Gasteiger partial charge in [-0.1, -0.05) is 0 Å². The number of fused-ring (bicyclic) bond motifs is 1. The summed E-state index contributed by atoms with van der Waals surface area (Å²) in [6, 6.07) is 7.18. The van der Waals surface area contributed by atoms with Crippen molar-refractivity contribution in [2.24, 2.45) is 0 Å². The molecule has 0 amide bonds. The summed E-state index contributed by atoms with van der Waals surface area (Å²) in [5.74, 6) is 0. The van der Waals surface area contributed by atoms with E-state index in [0.717, 1.165) is 11.4 Å². The summed E-state index contributed by atoms with van der Waals surface area (Å²) in [5, 5.41) is 0.554. The normalized spacial score (nSPS) is 11.9. The highest BCUT2D eigenvalue weighted by Crippen LogP contribution is 2.17. The van der Waals surface area contributed by atoms with Crippen LogP contribution in [0.5, 0.6) is 0 Å². The summed E-state index contributed by atoms with van der Waals surface area (Å²) in [5.41, 5.74) is 1.82. The number of aryl methyl sites for hydroxylation is 1. The van der Waals surface area contributed by atoms with E-state index in [1.165, 1.54) is 30.3 Å². The van der Waals surface area contributed by atoms with Crippen LogP contribution in [0.3, 0.4) is 0 Å². The zero-order valence-electron chi connectivity index (χ0n) is 13.3. The van der Waals surface area contributed by atoms with E-state index < -0.39 is 15.6 Å². The Hall–Kier alpha value is -2.45. The molecule has 2 heterocycles. The van der Waals surface area contributed by atoms with Crippen molar-refractivity contribution in [3.05, 3.63) is 58.5 Å². The molecule has 3 rings (SSSR count). The van der Waals surface area contributed by atoms with Crippen molar-refractivity contribution in [2.45, 2.75) is 25.3 Å². The first-order chi connectivity index (χ1) is 11.4. The molecule has 24 heavy (non-hydrogen) atoms. The molecule has 0 aliphatic heterocycles. The van der Waals surface area contributed by atoms with Gasteiger partial charge in [-0.25, -0.2) is 22.9 Å². The number of aromatic nitrogens is 2. The van der Waals surface area contributed by atoms with Gasteiger partial charge in [-0.05, 0) is 38.1 Å². The molecule has 0 atom stereocenters. The fraction of sp³-hybridized carbons (Fsp3) is 0.250. The Labute approximate surface area is 139 Å². The Morgan fingerprint density at radius 1 is 1.21 bits per heavy atom. The van der Waals surface area contributed by atoms with Gasteiger partial charge in [-0.2, -0.15) is 0 Å². The second-order valence-electron chi connectivity index (χ2n) is 5.46. The van der Waals surface area contributed by atoms with E-state index in [-0.39, 0.29) is 11.4 Å². The van der Waals surface area contributed by atoms with Crippen LogP contribution in [0.25, 0.3) is 11.0 Å². The fourth-order valence-electron chi connectivity index (χ4n) is 2.37. The van der Waals surface area contributed by atoms with Crippen molar-refractivity contribution < 1.29 is 12.8 Å². The summed E-state index contributed by atoms with van der Waals surface area (Å²) in [6.45, 7) is 4.59. The molecule has 1 N–H and O–H groups in total. The van der Waals surface area contributed by atoms with Crippen molar-refractivity contribution >= 4 is 21.0 Å². The predicted octanol–water partition coefficient (Wildman–Crippen LogP) is 1.58. The number of nitrogens with one attached hydrogen (secondary N) is 1. The van der Waals surface area contributed by atoms with Crippen LogP contribution >= 0.6 is 0 Å². The van der Waals surface area contributed by atoms with E-state index in [0.29, 0.717) is 17.5 Å². The van der Waals surface area contributed by atoms with Crippen LogP contribution < -0.4 is 10.3 Å². The average molecular weight is 347 g/mol. The van der Waals surface area contributed by atoms with Crippen molar-refractivity contribution in [3.8, 4) is 0 Å². The highest BCUT2D eigenvalue weighted by atomic mass is 32.2. The topological polar surface area (TPSA) is 94.2 Å². The Morgan fingerprint density at radius 2 is 2.00 bits per heavy atom. The molecule has 0 fully saturated rings. The number of rotatable bonds is 5. The van der Waals surface area contributed by atoms with E-state index in [9.17, 15) is 13.2 Å². The molecule has 8 heteroatoms. The van der Waals surface area contributed by atoms with Gasteiger partial charge in [0.1, 0.15) is 5.58 Å². The second kappa shape index (κ2) is 6.21. The molecule has 126 valence electrons. The lowest BCUT2D eigenvalue weighted by Crippen LogP contribution is -2.27. The van der Waals surface area contributed by atoms with E-state index >= 15 is 0 Å². The molecule has 1 aromatic carbocycles. The fourth-order valence-corrected chi connectivity index (χ4v) is 3.43. The molecule has 2 aromatic heterocycles. The van der Waals surface area contributed by atoms with E-state index in [1.54, 1.807) is 6.33 Å². The van der Waals surface area contributed by atoms with Crippen LogP contribution in [0.2, 0.25) is 0 Å². The smallest absolute Gasteiger partial charge is 0.336 e. The van der Waals surface area contributed by atoms with Gasteiger partial charge in [0.05, 0.1) is 16.9 Å². The molecular weight excluding hydrogens is 330 g/mol. The molecule has 3 aromatic rings. The number of benzene rings is 1. The van der Waals surface area contributed by atoms with Gasteiger partial charge in [-0.3, -0.25) is 0 Å². The highest BCUT2D eigenvalue weighted by molar-refractivity contribution is 7.89. The first kappa shape index (κ1) is 16.4. The van der Waals surface area contributed by atoms with Gasteiger partial charge >= 0.3 is 5.63 Å². The molecule has 7 nitrogen and oxygen atoms in total. The number of hydrogen-bond donors (Lipinski definition) is 1. The Balaban J connectivity index is 1.76. The maximum atomic E-state index is 12.4. The monoisotopic (exact) mass is 347 g/mol. The van der Waals surface area contributed by atoms with Gasteiger partial charge in [-0.15, -0.1) is 0 Å². The zero-order chi connectivity index (χ0) is 17.3. The lowest BCUT2D eigenvalue weighted by molar-refractivity contribution is 0.560. The SMILES string of the molecule is Cc1ncn(CCNS(=O)(=O)c2ccc3oc(=O)ccc3c2)c1C. The van der Waals surface area contributed by atoms with E-state index in [2.05, 4.69) is 9.71 Å². The summed E-state index contributed by atoms with van der Waals surface area (Å²) >= 11 is 0. The van der Waals surface area contributed by atoms with Gasteiger partial charge in [0.15, 0.2) is 0 Å². The molecule has 0 saturated heterocycles. The van der Waals surface area contributed by atoms with Crippen molar-refractivity contribution in [1.82, 2.24) is 14.3 Å². The summed E-state index contributed by atoms with van der Waals surface area (Å²) in [4.78, 5) is 15.5. The molecule has 0 unspecified atom stereocenters. The van der Waals surface area contributed by atoms with Crippen LogP contribution in [-0.4, -0.2) is 24.5 Å². The largest absolute Gasteiger partial charge is 0.423 e. The van der Waals surface area contributed by atoms with Crippen LogP contribution in [0.15, 0.2) is 50.8 Å². The Morgan fingerprint density at radius 3 is 2.71 bits per heavy atom. The molecule has 0 radical (unpaired) electrons. The number of nitrogens with zero attached hydrogens (tertiary/aromatic N) is 2. The number of imidazole rings is 1. The maximum Gasteiger partial charge on any atom is 0.336 e. The molecular formula is C16H17N3O4S. The van der Waals surface area contributed by atoms with Gasteiger partial charge in [0, 0.05) is 30.2 Å². The first-order valence-corrected chi connectivity index (χ1v) is 8.87. The number of sulfonamides is 1. The molecule has 0 bridgehead atoms. The minimum Gasteiger partial charge on any atom is -0.423 e. The molecule has 0 saturated carbocycles. The summed E-state index contributed by atoms with van der Waals surface area (Å²) < 4.78 is 34.3. The lowest BCUT2D eigenvalue weighted by Gasteiger charge is -2.09. The Bertz CT molecular complexity index is 1050. The third-order valence-electron chi connectivity index (χ3n) is 3.89. The van der Waals surface area contributed by atoms with Gasteiger partial charge in [0.25, 0.3) is 0 Å². The standard InChI is InChI=1S/C16H17N3O4S/c1-11-12(2)19(10-17-11)8-7-18-24(21,22)14-4-5-15-13(9-14)3-6-16(20)23-15/h3-6,9-10,18H,7-8H2,1-2H3. The quantitative estimate of drug-likeness (QED) is 0.707. The zero-order valence-corrected chi connectivity index (χ0v) is 14.1. The average Bonchev–Trinajstić information content (AvgIpc) is 2.86. The van der Waals surface area contributed by atoms with E-state index in [1.807, 2.05) is 18.4 Å². The van der Waals surface area contributed by atoms with Crippen LogP contribution in [0.1, 0.15) is 11.4 Å². The van der Waals surface area contributed by atoms with Crippen molar-refractivity contribution in [2.75, 3.05) is 6.54 Å². The summed E-state index contributed by atoms with van der Waals surface area (Å²) in [7, 11) is -3.64. The predicted molar refractivity (Wildman–Crippen MR) is 89.4 cm³/mol. The van der Waals surface area contributed by atoms with Gasteiger partial charge < -0.3 is 8.98 Å². The summed E-state index contributed by atoms with van der Waals surface area (Å²) in [6.07, 6.45) is 1.69. The second-order valence-corrected chi connectivity index (χ2v) is 7.23. The minimum atomic E-state index is -3.64. The van der Waals surface area contributed by atoms with Crippen molar-refractivity contribution in [1.29, 1.82) is 0 Å². The third kappa shape index (κ3) is 3.24. The van der Waals surface area contributed by atoms with Gasteiger partial charge in [0.2, 0.25) is 10.0 Å². The van der Waals surface area contributed by atoms with Crippen LogP contribution in [0.4, 0.5) is 0 Å². The number of hydrogen-bond acceptors (Lipinski definition) is 5. The molecule has 0 spiro atoms. The highest BCUT2D eigenvalue weighted by Gasteiger charge is 2.14. The third-order valence-corrected chi connectivity index (χ3v) is 5.35. The first-order valence-electron chi connectivity index (χ1n) is 7.39. The van der Waals surface area contributed by atoms with Crippen LogP contribution in [0, 0.1) is 13.8 Å². The minimum absolute atomic E-state index is 0.127. The molecule has 0 aliphatic carbocycles. The Kier molecular flexibility index (Phi) is 4.25. The van der Waals surface area contributed by atoms with Crippen LogP contribution in [-0.2, 0) is 16.6 Å². The maximum absolute atomic E-state index is 12.4.